The minimum atomic E-state index is -0.413. The van der Waals surface area contributed by atoms with E-state index in [-0.39, 0.29) is 35.8 Å². The summed E-state index contributed by atoms with van der Waals surface area (Å²) in [5.41, 5.74) is 4.29. The van der Waals surface area contributed by atoms with E-state index in [9.17, 15) is 14.4 Å². The fraction of sp³-hybridized carbons (Fsp3) is 0.750. The standard InChI is InChI=1S/C28H40O5/c1-5-17(6-2)27(31)32-16-25(30)33-26-18(7-3)15-24-23-10-8-19-14-20(29)9-11-21(19)22(23)12-13-28(24,26)4/h14,17-18,23-24,26H,5-13,15-16H2,1-4H3/t18-,23+,24-,26-,28-/m0/s1. The molecule has 182 valence electrons. The van der Waals surface area contributed by atoms with Crippen molar-refractivity contribution in [2.24, 2.45) is 29.1 Å². The number of carbonyl (C=O) groups excluding carboxylic acids is 3. The van der Waals surface area contributed by atoms with Gasteiger partial charge in [-0.1, -0.05) is 33.3 Å². The van der Waals surface area contributed by atoms with Gasteiger partial charge in [-0.2, -0.15) is 0 Å². The maximum Gasteiger partial charge on any atom is 0.344 e. The third kappa shape index (κ3) is 4.44. The maximum atomic E-state index is 12.7. The van der Waals surface area contributed by atoms with Crippen LogP contribution in [0.15, 0.2) is 22.8 Å². The molecular formula is C28H40O5. The molecule has 4 aliphatic carbocycles. The van der Waals surface area contributed by atoms with Crippen LogP contribution in [0.1, 0.15) is 91.9 Å². The Balaban J connectivity index is 1.48. The number of ketones is 1. The quantitative estimate of drug-likeness (QED) is 0.458. The molecule has 0 bridgehead atoms. The largest absolute Gasteiger partial charge is 0.459 e. The number of ether oxygens (including phenoxy) is 2. The number of carbonyl (C=O) groups is 3. The molecule has 4 rings (SSSR count). The van der Waals surface area contributed by atoms with Crippen molar-refractivity contribution in [1.82, 2.24) is 0 Å². The molecule has 0 N–H and O–H groups in total. The summed E-state index contributed by atoms with van der Waals surface area (Å²) in [5, 5.41) is 0. The van der Waals surface area contributed by atoms with Crippen molar-refractivity contribution in [3.8, 4) is 0 Å². The third-order valence-corrected chi connectivity index (χ3v) is 9.24. The van der Waals surface area contributed by atoms with Crippen LogP contribution in [0.3, 0.4) is 0 Å². The summed E-state index contributed by atoms with van der Waals surface area (Å²) in [6.07, 6.45) is 11.0. The number of rotatable bonds is 7. The van der Waals surface area contributed by atoms with Crippen LogP contribution in [0.4, 0.5) is 0 Å². The van der Waals surface area contributed by atoms with Gasteiger partial charge >= 0.3 is 11.9 Å². The molecule has 2 saturated carbocycles. The summed E-state index contributed by atoms with van der Waals surface area (Å²) >= 11 is 0. The van der Waals surface area contributed by atoms with E-state index in [0.717, 1.165) is 57.8 Å². The molecule has 0 amide bonds. The molecule has 5 heteroatoms. The van der Waals surface area contributed by atoms with E-state index in [1.807, 2.05) is 19.9 Å². The maximum absolute atomic E-state index is 12.7. The Morgan fingerprint density at radius 3 is 2.58 bits per heavy atom. The topological polar surface area (TPSA) is 69.7 Å². The lowest BCUT2D eigenvalue weighted by Crippen LogP contribution is -2.45. The van der Waals surface area contributed by atoms with Gasteiger partial charge in [0.25, 0.3) is 0 Å². The van der Waals surface area contributed by atoms with Gasteiger partial charge in [-0.15, -0.1) is 0 Å². The Hall–Kier alpha value is -1.91. The van der Waals surface area contributed by atoms with Gasteiger partial charge in [0.15, 0.2) is 12.4 Å². The number of hydrogen-bond acceptors (Lipinski definition) is 5. The summed E-state index contributed by atoms with van der Waals surface area (Å²) in [5.74, 6) is 0.788. The molecular weight excluding hydrogens is 416 g/mol. The van der Waals surface area contributed by atoms with E-state index in [4.69, 9.17) is 9.47 Å². The lowest BCUT2D eigenvalue weighted by Gasteiger charge is -2.48. The molecule has 0 saturated heterocycles. The second-order valence-electron chi connectivity index (χ2n) is 10.8. The first-order chi connectivity index (χ1) is 15.8. The molecule has 0 aliphatic heterocycles. The van der Waals surface area contributed by atoms with Crippen molar-refractivity contribution in [1.29, 1.82) is 0 Å². The predicted octanol–water partition coefficient (Wildman–Crippen LogP) is 5.72. The van der Waals surface area contributed by atoms with Gasteiger partial charge in [0.1, 0.15) is 6.10 Å². The molecule has 0 aromatic carbocycles. The van der Waals surface area contributed by atoms with Crippen molar-refractivity contribution in [2.75, 3.05) is 6.61 Å². The highest BCUT2D eigenvalue weighted by Gasteiger charge is 2.58. The van der Waals surface area contributed by atoms with Crippen LogP contribution in [0.2, 0.25) is 0 Å². The van der Waals surface area contributed by atoms with Gasteiger partial charge in [0, 0.05) is 11.8 Å². The van der Waals surface area contributed by atoms with E-state index in [1.54, 1.807) is 5.57 Å². The Morgan fingerprint density at radius 2 is 1.88 bits per heavy atom. The van der Waals surface area contributed by atoms with Crippen molar-refractivity contribution < 1.29 is 23.9 Å². The zero-order chi connectivity index (χ0) is 23.8. The summed E-state index contributed by atoms with van der Waals surface area (Å²) in [6, 6.07) is 0. The molecule has 0 aromatic rings. The van der Waals surface area contributed by atoms with Crippen LogP contribution >= 0.6 is 0 Å². The van der Waals surface area contributed by atoms with Gasteiger partial charge in [0.05, 0.1) is 5.92 Å². The first-order valence-corrected chi connectivity index (χ1v) is 13.1. The van der Waals surface area contributed by atoms with E-state index >= 15 is 0 Å². The molecule has 0 radical (unpaired) electrons. The zero-order valence-corrected chi connectivity index (χ0v) is 20.8. The average molecular weight is 457 g/mol. The van der Waals surface area contributed by atoms with Crippen LogP contribution in [0.5, 0.6) is 0 Å². The number of allylic oxidation sites excluding steroid dienone is 4. The Bertz CT molecular complexity index is 864. The van der Waals surface area contributed by atoms with Gasteiger partial charge in [-0.3, -0.25) is 9.59 Å². The summed E-state index contributed by atoms with van der Waals surface area (Å²) in [6.45, 7) is 8.14. The highest BCUT2D eigenvalue weighted by Crippen LogP contribution is 2.62. The Labute approximate surface area is 198 Å². The minimum absolute atomic E-state index is 0.0455. The van der Waals surface area contributed by atoms with Crippen LogP contribution in [0.25, 0.3) is 0 Å². The first kappa shape index (κ1) is 24.2. The highest BCUT2D eigenvalue weighted by molar-refractivity contribution is 5.93. The normalized spacial score (nSPS) is 33.2. The molecule has 2 fully saturated rings. The summed E-state index contributed by atoms with van der Waals surface area (Å²) < 4.78 is 11.4. The van der Waals surface area contributed by atoms with Gasteiger partial charge in [0.2, 0.25) is 0 Å². The van der Waals surface area contributed by atoms with Gasteiger partial charge in [-0.05, 0) is 92.8 Å². The molecule has 0 unspecified atom stereocenters. The zero-order valence-electron chi connectivity index (χ0n) is 20.8. The van der Waals surface area contributed by atoms with Crippen molar-refractivity contribution in [2.45, 2.75) is 98.0 Å². The highest BCUT2D eigenvalue weighted by atomic mass is 16.6. The lowest BCUT2D eigenvalue weighted by atomic mass is 9.57. The minimum Gasteiger partial charge on any atom is -0.459 e. The second kappa shape index (κ2) is 9.76. The van der Waals surface area contributed by atoms with Crippen LogP contribution in [0, 0.1) is 29.1 Å². The fourth-order valence-electron chi connectivity index (χ4n) is 7.32. The fourth-order valence-corrected chi connectivity index (χ4v) is 7.32. The third-order valence-electron chi connectivity index (χ3n) is 9.24. The first-order valence-electron chi connectivity index (χ1n) is 13.1. The summed E-state index contributed by atoms with van der Waals surface area (Å²) in [4.78, 5) is 36.9. The molecule has 0 aromatic heterocycles. The molecule has 5 nitrogen and oxygen atoms in total. The number of fused-ring (bicyclic) bond motifs is 4. The monoisotopic (exact) mass is 456 g/mol. The van der Waals surface area contributed by atoms with E-state index in [1.165, 1.54) is 11.1 Å². The van der Waals surface area contributed by atoms with Crippen molar-refractivity contribution in [3.05, 3.63) is 22.8 Å². The number of esters is 2. The van der Waals surface area contributed by atoms with E-state index in [0.29, 0.717) is 24.2 Å². The second-order valence-corrected chi connectivity index (χ2v) is 10.8. The van der Waals surface area contributed by atoms with E-state index in [2.05, 4.69) is 13.8 Å². The van der Waals surface area contributed by atoms with Crippen LogP contribution in [-0.4, -0.2) is 30.4 Å². The Morgan fingerprint density at radius 1 is 1.12 bits per heavy atom. The van der Waals surface area contributed by atoms with E-state index < -0.39 is 5.97 Å². The van der Waals surface area contributed by atoms with Gasteiger partial charge < -0.3 is 9.47 Å². The predicted molar refractivity (Wildman–Crippen MR) is 126 cm³/mol. The van der Waals surface area contributed by atoms with Crippen molar-refractivity contribution in [3.63, 3.8) is 0 Å². The van der Waals surface area contributed by atoms with Crippen LogP contribution in [-0.2, 0) is 23.9 Å². The average Bonchev–Trinajstić information content (AvgIpc) is 3.09. The smallest absolute Gasteiger partial charge is 0.344 e. The van der Waals surface area contributed by atoms with Crippen molar-refractivity contribution >= 4 is 17.7 Å². The van der Waals surface area contributed by atoms with Crippen LogP contribution < -0.4 is 0 Å². The molecule has 4 aliphatic rings. The molecule has 33 heavy (non-hydrogen) atoms. The van der Waals surface area contributed by atoms with Gasteiger partial charge in [-0.25, -0.2) is 4.79 Å². The SMILES string of the molecule is CCC(CC)C(=O)OCC(=O)O[C@H]1[C@@H](CC)C[C@H]2[C@@H]3CCC4=CC(=O)CCC4=C3CC[C@@]21C. The molecule has 5 atom stereocenters. The summed E-state index contributed by atoms with van der Waals surface area (Å²) in [7, 11) is 0. The Kier molecular flexibility index (Phi) is 7.16. The molecule has 0 heterocycles. The molecule has 0 spiro atoms. The number of hydrogen-bond donors (Lipinski definition) is 0. The lowest BCUT2D eigenvalue weighted by molar-refractivity contribution is -0.171.